The molecule has 0 aliphatic rings. The van der Waals surface area contributed by atoms with Gasteiger partial charge in [-0.1, -0.05) is 15.9 Å². The SMILES string of the molecule is CNCN(C)CCc1cc(Br)ccc1OC. The zero-order valence-corrected chi connectivity index (χ0v) is 11.7. The first kappa shape index (κ1) is 13.5. The molecule has 1 aromatic carbocycles. The Morgan fingerprint density at radius 2 is 2.19 bits per heavy atom. The number of likely N-dealkylation sites (N-methyl/N-ethyl adjacent to an activating group) is 1. The van der Waals surface area contributed by atoms with Crippen LogP contribution in [-0.2, 0) is 6.42 Å². The molecule has 0 saturated carbocycles. The van der Waals surface area contributed by atoms with Gasteiger partial charge in [0.25, 0.3) is 0 Å². The number of hydrogen-bond donors (Lipinski definition) is 1. The fourth-order valence-corrected chi connectivity index (χ4v) is 2.01. The summed E-state index contributed by atoms with van der Waals surface area (Å²) in [6, 6.07) is 6.11. The molecular weight excluding hydrogens is 268 g/mol. The van der Waals surface area contributed by atoms with Crippen molar-refractivity contribution in [3.63, 3.8) is 0 Å². The molecule has 0 saturated heterocycles. The van der Waals surface area contributed by atoms with Gasteiger partial charge in [-0.05, 0) is 44.3 Å². The minimum absolute atomic E-state index is 0.899. The van der Waals surface area contributed by atoms with Gasteiger partial charge in [0, 0.05) is 17.7 Å². The second kappa shape index (κ2) is 6.89. The highest BCUT2D eigenvalue weighted by Gasteiger charge is 2.05. The van der Waals surface area contributed by atoms with E-state index in [9.17, 15) is 0 Å². The molecule has 16 heavy (non-hydrogen) atoms. The average Bonchev–Trinajstić information content (AvgIpc) is 2.27. The van der Waals surface area contributed by atoms with Gasteiger partial charge in [-0.25, -0.2) is 0 Å². The van der Waals surface area contributed by atoms with E-state index in [2.05, 4.69) is 39.3 Å². The van der Waals surface area contributed by atoms with Crippen LogP contribution < -0.4 is 10.1 Å². The summed E-state index contributed by atoms with van der Waals surface area (Å²) in [6.45, 7) is 1.91. The van der Waals surface area contributed by atoms with E-state index in [-0.39, 0.29) is 0 Å². The lowest BCUT2D eigenvalue weighted by Crippen LogP contribution is -2.30. The highest BCUT2D eigenvalue weighted by molar-refractivity contribution is 9.10. The van der Waals surface area contributed by atoms with E-state index in [1.54, 1.807) is 7.11 Å². The van der Waals surface area contributed by atoms with Crippen molar-refractivity contribution in [2.24, 2.45) is 0 Å². The molecule has 0 bridgehead atoms. The molecule has 0 unspecified atom stereocenters. The molecule has 0 spiro atoms. The fraction of sp³-hybridized carbons (Fsp3) is 0.500. The number of benzene rings is 1. The van der Waals surface area contributed by atoms with Crippen LogP contribution in [0.2, 0.25) is 0 Å². The lowest BCUT2D eigenvalue weighted by Gasteiger charge is -2.16. The molecule has 0 aliphatic carbocycles. The van der Waals surface area contributed by atoms with Crippen LogP contribution in [0, 0.1) is 0 Å². The molecule has 0 atom stereocenters. The van der Waals surface area contributed by atoms with Crippen molar-refractivity contribution in [2.45, 2.75) is 6.42 Å². The number of ether oxygens (including phenoxy) is 1. The molecule has 4 heteroatoms. The van der Waals surface area contributed by atoms with E-state index in [4.69, 9.17) is 4.74 Å². The van der Waals surface area contributed by atoms with Gasteiger partial charge in [0.05, 0.1) is 7.11 Å². The summed E-state index contributed by atoms with van der Waals surface area (Å²) in [7, 11) is 5.77. The summed E-state index contributed by atoms with van der Waals surface area (Å²) in [5, 5.41) is 3.13. The predicted molar refractivity (Wildman–Crippen MR) is 71.0 cm³/mol. The number of nitrogens with one attached hydrogen (secondary N) is 1. The molecule has 1 aromatic rings. The monoisotopic (exact) mass is 286 g/mol. The van der Waals surface area contributed by atoms with Gasteiger partial charge in [0.1, 0.15) is 5.75 Å². The maximum Gasteiger partial charge on any atom is 0.122 e. The molecule has 0 aliphatic heterocycles. The van der Waals surface area contributed by atoms with Crippen LogP contribution in [-0.4, -0.2) is 39.3 Å². The molecular formula is C12H19BrN2O. The van der Waals surface area contributed by atoms with Crippen molar-refractivity contribution >= 4 is 15.9 Å². The van der Waals surface area contributed by atoms with Crippen LogP contribution in [0.15, 0.2) is 22.7 Å². The Bertz CT molecular complexity index is 331. The first-order valence-corrected chi connectivity index (χ1v) is 6.12. The lowest BCUT2D eigenvalue weighted by atomic mass is 10.1. The smallest absolute Gasteiger partial charge is 0.122 e. The van der Waals surface area contributed by atoms with Gasteiger partial charge in [0.2, 0.25) is 0 Å². The standard InChI is InChI=1S/C12H19BrN2O/c1-14-9-15(2)7-6-10-8-11(13)4-5-12(10)16-3/h4-5,8,14H,6-7,9H2,1-3H3. The first-order chi connectivity index (χ1) is 7.67. The second-order valence-corrected chi connectivity index (χ2v) is 4.71. The summed E-state index contributed by atoms with van der Waals surface area (Å²) < 4.78 is 6.43. The Morgan fingerprint density at radius 3 is 2.81 bits per heavy atom. The summed E-state index contributed by atoms with van der Waals surface area (Å²) in [4.78, 5) is 2.24. The molecule has 1 N–H and O–H groups in total. The number of nitrogens with zero attached hydrogens (tertiary/aromatic N) is 1. The van der Waals surface area contributed by atoms with Gasteiger partial charge in [-0.15, -0.1) is 0 Å². The van der Waals surface area contributed by atoms with Crippen LogP contribution in [0.25, 0.3) is 0 Å². The van der Waals surface area contributed by atoms with Crippen LogP contribution in [0.5, 0.6) is 5.75 Å². The summed E-state index contributed by atoms with van der Waals surface area (Å²) in [6.07, 6.45) is 0.987. The van der Waals surface area contributed by atoms with Gasteiger partial charge < -0.3 is 10.1 Å². The molecule has 90 valence electrons. The number of methoxy groups -OCH3 is 1. The number of rotatable bonds is 6. The van der Waals surface area contributed by atoms with E-state index in [0.29, 0.717) is 0 Å². The lowest BCUT2D eigenvalue weighted by molar-refractivity contribution is 0.318. The summed E-state index contributed by atoms with van der Waals surface area (Å²) in [5.41, 5.74) is 1.24. The average molecular weight is 287 g/mol. The van der Waals surface area contributed by atoms with Crippen molar-refractivity contribution in [3.05, 3.63) is 28.2 Å². The molecule has 0 fully saturated rings. The van der Waals surface area contributed by atoms with Gasteiger partial charge >= 0.3 is 0 Å². The highest BCUT2D eigenvalue weighted by Crippen LogP contribution is 2.23. The Morgan fingerprint density at radius 1 is 1.44 bits per heavy atom. The fourth-order valence-electron chi connectivity index (χ4n) is 1.60. The van der Waals surface area contributed by atoms with Crippen molar-refractivity contribution in [3.8, 4) is 5.75 Å². The molecule has 0 heterocycles. The van der Waals surface area contributed by atoms with Crippen LogP contribution in [0.3, 0.4) is 0 Å². The quantitative estimate of drug-likeness (QED) is 0.811. The van der Waals surface area contributed by atoms with E-state index < -0.39 is 0 Å². The zero-order valence-electron chi connectivity index (χ0n) is 10.1. The Balaban J connectivity index is 2.61. The van der Waals surface area contributed by atoms with Gasteiger partial charge in [-0.2, -0.15) is 0 Å². The first-order valence-electron chi connectivity index (χ1n) is 5.33. The maximum absolute atomic E-state index is 5.34. The number of halogens is 1. The van der Waals surface area contributed by atoms with Crippen molar-refractivity contribution in [1.29, 1.82) is 0 Å². The van der Waals surface area contributed by atoms with E-state index >= 15 is 0 Å². The summed E-state index contributed by atoms with van der Waals surface area (Å²) >= 11 is 3.48. The minimum Gasteiger partial charge on any atom is -0.496 e. The van der Waals surface area contributed by atoms with Crippen LogP contribution in [0.1, 0.15) is 5.56 Å². The topological polar surface area (TPSA) is 24.5 Å². The normalized spacial score (nSPS) is 10.8. The van der Waals surface area contributed by atoms with E-state index in [1.807, 2.05) is 19.2 Å². The Hall–Kier alpha value is -0.580. The third-order valence-electron chi connectivity index (χ3n) is 2.43. The third-order valence-corrected chi connectivity index (χ3v) is 2.93. The summed E-state index contributed by atoms with van der Waals surface area (Å²) in [5.74, 6) is 0.959. The van der Waals surface area contributed by atoms with Crippen LogP contribution >= 0.6 is 15.9 Å². The molecule has 0 aromatic heterocycles. The maximum atomic E-state index is 5.34. The molecule has 3 nitrogen and oxygen atoms in total. The predicted octanol–water partition coefficient (Wildman–Crippen LogP) is 2.11. The van der Waals surface area contributed by atoms with E-state index in [1.165, 1.54) is 5.56 Å². The number of hydrogen-bond acceptors (Lipinski definition) is 3. The largest absolute Gasteiger partial charge is 0.496 e. The van der Waals surface area contributed by atoms with Gasteiger partial charge in [-0.3, -0.25) is 4.90 Å². The highest BCUT2D eigenvalue weighted by atomic mass is 79.9. The minimum atomic E-state index is 0.899. The Labute approximate surface area is 106 Å². The van der Waals surface area contributed by atoms with E-state index in [0.717, 1.165) is 29.9 Å². The van der Waals surface area contributed by atoms with Crippen LogP contribution in [0.4, 0.5) is 0 Å². The third kappa shape index (κ3) is 4.12. The Kier molecular flexibility index (Phi) is 5.80. The van der Waals surface area contributed by atoms with Crippen molar-refractivity contribution in [2.75, 3.05) is 34.4 Å². The molecule has 1 rings (SSSR count). The van der Waals surface area contributed by atoms with Crippen molar-refractivity contribution in [1.82, 2.24) is 10.2 Å². The van der Waals surface area contributed by atoms with Gasteiger partial charge in [0.15, 0.2) is 0 Å². The zero-order chi connectivity index (χ0) is 12.0. The molecule has 0 radical (unpaired) electrons. The second-order valence-electron chi connectivity index (χ2n) is 3.80. The molecule has 0 amide bonds. The van der Waals surface area contributed by atoms with Crippen molar-refractivity contribution < 1.29 is 4.74 Å².